The highest BCUT2D eigenvalue weighted by Crippen LogP contribution is 2.28. The maximum Gasteiger partial charge on any atom is 0.414 e. The van der Waals surface area contributed by atoms with E-state index in [0.29, 0.717) is 19.5 Å². The van der Waals surface area contributed by atoms with Crippen LogP contribution in [-0.4, -0.2) is 31.7 Å². The van der Waals surface area contributed by atoms with E-state index in [9.17, 15) is 9.59 Å². The van der Waals surface area contributed by atoms with Gasteiger partial charge in [-0.05, 0) is 42.5 Å². The van der Waals surface area contributed by atoms with Crippen molar-refractivity contribution in [3.05, 3.63) is 29.3 Å². The predicted molar refractivity (Wildman–Crippen MR) is 70.1 cm³/mol. The minimum Gasteiger partial charge on any atom is -0.442 e. The smallest absolute Gasteiger partial charge is 0.414 e. The SMILES string of the molecule is O=CNCC1CN(c2ccc3c(c2)CCC3)C(=O)O1. The molecule has 2 aliphatic rings. The van der Waals surface area contributed by atoms with E-state index >= 15 is 0 Å². The minimum atomic E-state index is -0.337. The van der Waals surface area contributed by atoms with Crippen molar-refractivity contribution in [1.82, 2.24) is 5.32 Å². The van der Waals surface area contributed by atoms with Gasteiger partial charge in [-0.1, -0.05) is 6.07 Å². The van der Waals surface area contributed by atoms with Crippen molar-refractivity contribution in [3.8, 4) is 0 Å². The summed E-state index contributed by atoms with van der Waals surface area (Å²) in [5.41, 5.74) is 3.61. The lowest BCUT2D eigenvalue weighted by molar-refractivity contribution is -0.109. The number of hydrogen-bond donors (Lipinski definition) is 1. The second kappa shape index (κ2) is 4.91. The molecule has 1 aromatic carbocycles. The molecule has 1 N–H and O–H groups in total. The molecule has 3 rings (SSSR count). The fraction of sp³-hybridized carbons (Fsp3) is 0.429. The Morgan fingerprint density at radius 3 is 3.05 bits per heavy atom. The first kappa shape index (κ1) is 12.0. The fourth-order valence-corrected chi connectivity index (χ4v) is 2.74. The van der Waals surface area contributed by atoms with Crippen molar-refractivity contribution in [2.24, 2.45) is 0 Å². The Bertz CT molecular complexity index is 515. The molecule has 2 amide bonds. The summed E-state index contributed by atoms with van der Waals surface area (Å²) >= 11 is 0. The Morgan fingerprint density at radius 2 is 2.21 bits per heavy atom. The number of fused-ring (bicyclic) bond motifs is 1. The molecule has 1 heterocycles. The van der Waals surface area contributed by atoms with E-state index < -0.39 is 0 Å². The topological polar surface area (TPSA) is 58.6 Å². The predicted octanol–water partition coefficient (Wildman–Crippen LogP) is 1.25. The molecule has 1 aliphatic carbocycles. The molecule has 1 aliphatic heterocycles. The number of carbonyl (C=O) groups is 2. The van der Waals surface area contributed by atoms with Gasteiger partial charge in [0.05, 0.1) is 13.1 Å². The maximum atomic E-state index is 11.8. The largest absolute Gasteiger partial charge is 0.442 e. The van der Waals surface area contributed by atoms with Gasteiger partial charge in [-0.2, -0.15) is 0 Å². The summed E-state index contributed by atoms with van der Waals surface area (Å²) in [4.78, 5) is 23.7. The minimum absolute atomic E-state index is 0.272. The third kappa shape index (κ3) is 2.28. The number of nitrogens with zero attached hydrogens (tertiary/aromatic N) is 1. The number of ether oxygens (including phenoxy) is 1. The van der Waals surface area contributed by atoms with Crippen LogP contribution in [0.15, 0.2) is 18.2 Å². The van der Waals surface area contributed by atoms with Crippen molar-refractivity contribution in [2.45, 2.75) is 25.4 Å². The molecule has 1 aromatic rings. The Morgan fingerprint density at radius 1 is 1.37 bits per heavy atom. The lowest BCUT2D eigenvalue weighted by atomic mass is 10.1. The third-order valence-electron chi connectivity index (χ3n) is 3.70. The normalized spacial score (nSPS) is 21.2. The van der Waals surface area contributed by atoms with Gasteiger partial charge in [-0.3, -0.25) is 9.69 Å². The number of amides is 2. The van der Waals surface area contributed by atoms with Crippen LogP contribution in [0.1, 0.15) is 17.5 Å². The van der Waals surface area contributed by atoms with Gasteiger partial charge in [-0.15, -0.1) is 0 Å². The van der Waals surface area contributed by atoms with Gasteiger partial charge in [-0.25, -0.2) is 4.79 Å². The molecule has 19 heavy (non-hydrogen) atoms. The average Bonchev–Trinajstić information content (AvgIpc) is 3.01. The van der Waals surface area contributed by atoms with E-state index in [2.05, 4.69) is 17.4 Å². The number of anilines is 1. The first-order chi connectivity index (χ1) is 9.28. The Hall–Kier alpha value is -2.04. The number of rotatable bonds is 4. The summed E-state index contributed by atoms with van der Waals surface area (Å²) in [5, 5.41) is 2.54. The van der Waals surface area contributed by atoms with E-state index in [1.807, 2.05) is 6.07 Å². The molecule has 5 nitrogen and oxygen atoms in total. The summed E-state index contributed by atoms with van der Waals surface area (Å²) in [7, 11) is 0. The van der Waals surface area contributed by atoms with E-state index in [4.69, 9.17) is 4.74 Å². The van der Waals surface area contributed by atoms with Crippen LogP contribution in [0.2, 0.25) is 0 Å². The van der Waals surface area contributed by atoms with Crippen molar-refractivity contribution in [3.63, 3.8) is 0 Å². The number of nitrogens with one attached hydrogen (secondary N) is 1. The van der Waals surface area contributed by atoms with Crippen LogP contribution in [-0.2, 0) is 22.4 Å². The Kier molecular flexibility index (Phi) is 3.11. The van der Waals surface area contributed by atoms with Crippen molar-refractivity contribution in [2.75, 3.05) is 18.0 Å². The number of hydrogen-bond acceptors (Lipinski definition) is 3. The van der Waals surface area contributed by atoms with Crippen LogP contribution in [0.5, 0.6) is 0 Å². The molecular formula is C14H16N2O3. The van der Waals surface area contributed by atoms with E-state index in [1.54, 1.807) is 4.90 Å². The van der Waals surface area contributed by atoms with Crippen LogP contribution in [0.3, 0.4) is 0 Å². The number of aryl methyl sites for hydroxylation is 2. The highest BCUT2D eigenvalue weighted by Gasteiger charge is 2.32. The molecule has 100 valence electrons. The number of benzene rings is 1. The Labute approximate surface area is 111 Å². The summed E-state index contributed by atoms with van der Waals surface area (Å²) in [6.45, 7) is 0.842. The highest BCUT2D eigenvalue weighted by atomic mass is 16.6. The summed E-state index contributed by atoms with van der Waals surface area (Å²) in [6.07, 6.45) is 3.41. The van der Waals surface area contributed by atoms with Gasteiger partial charge in [0.15, 0.2) is 0 Å². The molecule has 0 aromatic heterocycles. The van der Waals surface area contributed by atoms with Crippen LogP contribution >= 0.6 is 0 Å². The molecule has 0 spiro atoms. The lowest BCUT2D eigenvalue weighted by Crippen LogP contribution is -2.30. The highest BCUT2D eigenvalue weighted by molar-refractivity contribution is 5.90. The van der Waals surface area contributed by atoms with Crippen LogP contribution < -0.4 is 10.2 Å². The summed E-state index contributed by atoms with van der Waals surface area (Å²) in [6, 6.07) is 6.15. The molecule has 1 unspecified atom stereocenters. The van der Waals surface area contributed by atoms with Gasteiger partial charge in [0.25, 0.3) is 0 Å². The van der Waals surface area contributed by atoms with Crippen molar-refractivity contribution in [1.29, 1.82) is 0 Å². The van der Waals surface area contributed by atoms with Crippen LogP contribution in [0.4, 0.5) is 10.5 Å². The zero-order chi connectivity index (χ0) is 13.2. The van der Waals surface area contributed by atoms with E-state index in [1.165, 1.54) is 17.5 Å². The maximum absolute atomic E-state index is 11.8. The molecule has 0 radical (unpaired) electrons. The van der Waals surface area contributed by atoms with Gasteiger partial charge in [0, 0.05) is 5.69 Å². The van der Waals surface area contributed by atoms with Crippen molar-refractivity contribution < 1.29 is 14.3 Å². The molecule has 1 fully saturated rings. The molecular weight excluding hydrogens is 244 g/mol. The fourth-order valence-electron chi connectivity index (χ4n) is 2.74. The van der Waals surface area contributed by atoms with Gasteiger partial charge in [0.2, 0.25) is 6.41 Å². The second-order valence-corrected chi connectivity index (χ2v) is 4.95. The zero-order valence-corrected chi connectivity index (χ0v) is 10.6. The zero-order valence-electron chi connectivity index (χ0n) is 10.6. The molecule has 1 atom stereocenters. The first-order valence-electron chi connectivity index (χ1n) is 6.55. The van der Waals surface area contributed by atoms with Gasteiger partial charge < -0.3 is 10.1 Å². The third-order valence-corrected chi connectivity index (χ3v) is 3.70. The second-order valence-electron chi connectivity index (χ2n) is 4.95. The first-order valence-corrected chi connectivity index (χ1v) is 6.55. The monoisotopic (exact) mass is 260 g/mol. The number of carbonyl (C=O) groups excluding carboxylic acids is 2. The molecule has 0 bridgehead atoms. The molecule has 5 heteroatoms. The standard InChI is InChI=1S/C14H16N2O3/c17-9-15-7-13-8-16(14(18)19-13)12-5-4-10-2-1-3-11(10)6-12/h4-6,9,13H,1-3,7-8H2,(H,15,17). The molecule has 0 saturated carbocycles. The summed E-state index contributed by atoms with van der Waals surface area (Å²) < 4.78 is 5.22. The Balaban J connectivity index is 1.75. The quantitative estimate of drug-likeness (QED) is 0.829. The van der Waals surface area contributed by atoms with Gasteiger partial charge in [0.1, 0.15) is 6.10 Å². The van der Waals surface area contributed by atoms with Gasteiger partial charge >= 0.3 is 6.09 Å². The van der Waals surface area contributed by atoms with Crippen LogP contribution in [0.25, 0.3) is 0 Å². The average molecular weight is 260 g/mol. The summed E-state index contributed by atoms with van der Waals surface area (Å²) in [5.74, 6) is 0. The molecule has 1 saturated heterocycles. The van der Waals surface area contributed by atoms with E-state index in [0.717, 1.165) is 18.5 Å². The van der Waals surface area contributed by atoms with E-state index in [-0.39, 0.29) is 12.2 Å². The lowest BCUT2D eigenvalue weighted by Gasteiger charge is -2.14. The van der Waals surface area contributed by atoms with Crippen LogP contribution in [0, 0.1) is 0 Å². The van der Waals surface area contributed by atoms with Crippen molar-refractivity contribution >= 4 is 18.2 Å². The number of cyclic esters (lactones) is 1.